The van der Waals surface area contributed by atoms with E-state index in [2.05, 4.69) is 5.32 Å². The zero-order chi connectivity index (χ0) is 17.1. The molecule has 1 N–H and O–H groups in total. The Kier molecular flexibility index (Phi) is 5.39. The lowest BCUT2D eigenvalue weighted by Crippen LogP contribution is -2.23. The number of halogens is 1. The summed E-state index contributed by atoms with van der Waals surface area (Å²) in [5.41, 5.74) is 3.27. The van der Waals surface area contributed by atoms with Crippen molar-refractivity contribution in [3.05, 3.63) is 57.4 Å². The summed E-state index contributed by atoms with van der Waals surface area (Å²) in [7, 11) is 1.81. The van der Waals surface area contributed by atoms with Crippen LogP contribution in [0.2, 0.25) is 5.02 Å². The quantitative estimate of drug-likeness (QED) is 0.826. The molecule has 1 aromatic carbocycles. The second kappa shape index (κ2) is 7.11. The van der Waals surface area contributed by atoms with Gasteiger partial charge in [0.05, 0.1) is 12.2 Å². The SMILES string of the molecule is CCNCC(=O)c1c(C)c(C(=O)c2ccc(Cl)cc2)n(C)c1C. The van der Waals surface area contributed by atoms with E-state index in [1.807, 2.05) is 27.8 Å². The van der Waals surface area contributed by atoms with E-state index in [4.69, 9.17) is 11.6 Å². The first-order valence-electron chi connectivity index (χ1n) is 7.58. The number of nitrogens with one attached hydrogen (secondary N) is 1. The number of likely N-dealkylation sites (N-methyl/N-ethyl adjacent to an activating group) is 1. The van der Waals surface area contributed by atoms with E-state index in [0.717, 1.165) is 17.8 Å². The van der Waals surface area contributed by atoms with E-state index in [-0.39, 0.29) is 18.1 Å². The van der Waals surface area contributed by atoms with Crippen LogP contribution in [-0.4, -0.2) is 29.2 Å². The predicted octanol–water partition coefficient (Wildman–Crippen LogP) is 3.32. The first-order valence-corrected chi connectivity index (χ1v) is 7.96. The Morgan fingerprint density at radius 1 is 1.17 bits per heavy atom. The first kappa shape index (κ1) is 17.4. The Bertz CT molecular complexity index is 745. The Labute approximate surface area is 141 Å². The summed E-state index contributed by atoms with van der Waals surface area (Å²) in [5.74, 6) is -0.0973. The van der Waals surface area contributed by atoms with E-state index >= 15 is 0 Å². The van der Waals surface area contributed by atoms with E-state index in [1.165, 1.54) is 0 Å². The molecule has 0 aliphatic carbocycles. The maximum Gasteiger partial charge on any atom is 0.209 e. The van der Waals surface area contributed by atoms with Gasteiger partial charge >= 0.3 is 0 Å². The zero-order valence-corrected chi connectivity index (χ0v) is 14.6. The molecule has 0 unspecified atom stereocenters. The van der Waals surface area contributed by atoms with Crippen LogP contribution in [0.15, 0.2) is 24.3 Å². The number of carbonyl (C=O) groups excluding carboxylic acids is 2. The summed E-state index contributed by atoms with van der Waals surface area (Å²) >= 11 is 5.88. The van der Waals surface area contributed by atoms with Gasteiger partial charge in [0.25, 0.3) is 0 Å². The molecular weight excluding hydrogens is 312 g/mol. The van der Waals surface area contributed by atoms with E-state index in [9.17, 15) is 9.59 Å². The molecule has 0 radical (unpaired) electrons. The molecule has 0 saturated carbocycles. The molecular formula is C18H21ClN2O2. The van der Waals surface area contributed by atoms with Crippen LogP contribution in [0.1, 0.15) is 44.6 Å². The Balaban J connectivity index is 2.46. The number of Topliss-reactive ketones (excluding diaryl/α,β-unsaturated/α-hetero) is 1. The van der Waals surface area contributed by atoms with Gasteiger partial charge in [0.15, 0.2) is 5.78 Å². The summed E-state index contributed by atoms with van der Waals surface area (Å²) < 4.78 is 1.80. The maximum atomic E-state index is 12.8. The summed E-state index contributed by atoms with van der Waals surface area (Å²) in [6.45, 7) is 6.65. The van der Waals surface area contributed by atoms with Gasteiger partial charge in [-0.05, 0) is 50.2 Å². The van der Waals surface area contributed by atoms with Crippen molar-refractivity contribution < 1.29 is 9.59 Å². The second-order valence-corrected chi connectivity index (χ2v) is 5.97. The summed E-state index contributed by atoms with van der Waals surface area (Å²) in [5, 5.41) is 3.62. The number of hydrogen-bond acceptors (Lipinski definition) is 3. The van der Waals surface area contributed by atoms with Gasteiger partial charge in [0.2, 0.25) is 5.78 Å². The monoisotopic (exact) mass is 332 g/mol. The van der Waals surface area contributed by atoms with Crippen molar-refractivity contribution in [3.8, 4) is 0 Å². The van der Waals surface area contributed by atoms with Crippen molar-refractivity contribution in [2.24, 2.45) is 7.05 Å². The summed E-state index contributed by atoms with van der Waals surface area (Å²) in [6, 6.07) is 6.79. The average molecular weight is 333 g/mol. The molecule has 1 aromatic heterocycles. The van der Waals surface area contributed by atoms with Gasteiger partial charge in [-0.25, -0.2) is 0 Å². The molecule has 5 heteroatoms. The molecule has 4 nitrogen and oxygen atoms in total. The number of ketones is 2. The highest BCUT2D eigenvalue weighted by atomic mass is 35.5. The van der Waals surface area contributed by atoms with Crippen molar-refractivity contribution in [3.63, 3.8) is 0 Å². The van der Waals surface area contributed by atoms with Crippen molar-refractivity contribution in [2.45, 2.75) is 20.8 Å². The highest BCUT2D eigenvalue weighted by Gasteiger charge is 2.25. The maximum absolute atomic E-state index is 12.8. The fourth-order valence-electron chi connectivity index (χ4n) is 2.78. The molecule has 0 amide bonds. The largest absolute Gasteiger partial charge is 0.344 e. The standard InChI is InChI=1S/C18H21ClN2O2/c1-5-20-10-15(22)16-11(2)17(21(4)12(16)3)18(23)13-6-8-14(19)9-7-13/h6-9,20H,5,10H2,1-4H3. The molecule has 2 aromatic rings. The molecule has 0 bridgehead atoms. The Hall–Kier alpha value is -1.91. The van der Waals surface area contributed by atoms with Crippen LogP contribution in [0.25, 0.3) is 0 Å². The number of benzene rings is 1. The molecule has 2 rings (SSSR count). The number of hydrogen-bond donors (Lipinski definition) is 1. The molecule has 0 fully saturated rings. The summed E-state index contributed by atoms with van der Waals surface area (Å²) in [4.78, 5) is 25.2. The first-order chi connectivity index (χ1) is 10.9. The fraction of sp³-hybridized carbons (Fsp3) is 0.333. The van der Waals surface area contributed by atoms with Crippen LogP contribution in [0.5, 0.6) is 0 Å². The minimum Gasteiger partial charge on any atom is -0.344 e. The van der Waals surface area contributed by atoms with E-state index < -0.39 is 0 Å². The molecule has 122 valence electrons. The van der Waals surface area contributed by atoms with Gasteiger partial charge in [0, 0.05) is 28.9 Å². The van der Waals surface area contributed by atoms with Crippen LogP contribution in [-0.2, 0) is 7.05 Å². The van der Waals surface area contributed by atoms with Crippen LogP contribution >= 0.6 is 11.6 Å². The summed E-state index contributed by atoms with van der Waals surface area (Å²) in [6.07, 6.45) is 0. The smallest absolute Gasteiger partial charge is 0.209 e. The van der Waals surface area contributed by atoms with Crippen molar-refractivity contribution >= 4 is 23.2 Å². The van der Waals surface area contributed by atoms with Crippen LogP contribution in [0, 0.1) is 13.8 Å². The van der Waals surface area contributed by atoms with Gasteiger partial charge in [-0.1, -0.05) is 18.5 Å². The lowest BCUT2D eigenvalue weighted by atomic mass is 10.0. The lowest BCUT2D eigenvalue weighted by Gasteiger charge is -2.06. The minimum absolute atomic E-state index is 0.00704. The highest BCUT2D eigenvalue weighted by molar-refractivity contribution is 6.30. The van der Waals surface area contributed by atoms with Crippen LogP contribution in [0.4, 0.5) is 0 Å². The van der Waals surface area contributed by atoms with E-state index in [1.54, 1.807) is 28.8 Å². The van der Waals surface area contributed by atoms with Crippen LogP contribution < -0.4 is 5.32 Å². The normalized spacial score (nSPS) is 10.8. The lowest BCUT2D eigenvalue weighted by molar-refractivity contribution is 0.0990. The third kappa shape index (κ3) is 3.38. The highest BCUT2D eigenvalue weighted by Crippen LogP contribution is 2.24. The Morgan fingerprint density at radius 2 is 1.78 bits per heavy atom. The molecule has 23 heavy (non-hydrogen) atoms. The van der Waals surface area contributed by atoms with Gasteiger partial charge in [-0.3, -0.25) is 9.59 Å². The van der Waals surface area contributed by atoms with Gasteiger partial charge in [0.1, 0.15) is 0 Å². The number of nitrogens with zero attached hydrogens (tertiary/aromatic N) is 1. The molecule has 0 atom stereocenters. The van der Waals surface area contributed by atoms with Crippen molar-refractivity contribution in [2.75, 3.05) is 13.1 Å². The van der Waals surface area contributed by atoms with Crippen LogP contribution in [0.3, 0.4) is 0 Å². The van der Waals surface area contributed by atoms with Gasteiger partial charge in [-0.15, -0.1) is 0 Å². The van der Waals surface area contributed by atoms with Crippen molar-refractivity contribution in [1.82, 2.24) is 9.88 Å². The van der Waals surface area contributed by atoms with Crippen molar-refractivity contribution in [1.29, 1.82) is 0 Å². The molecule has 0 aliphatic heterocycles. The molecule has 1 heterocycles. The zero-order valence-electron chi connectivity index (χ0n) is 13.9. The Morgan fingerprint density at radius 3 is 2.35 bits per heavy atom. The second-order valence-electron chi connectivity index (χ2n) is 5.53. The molecule has 0 aliphatic rings. The minimum atomic E-state index is -0.104. The number of carbonyl (C=O) groups is 2. The van der Waals surface area contributed by atoms with Gasteiger partial charge < -0.3 is 9.88 Å². The number of rotatable bonds is 6. The molecule has 0 saturated heterocycles. The topological polar surface area (TPSA) is 51.1 Å². The van der Waals surface area contributed by atoms with Gasteiger partial charge in [-0.2, -0.15) is 0 Å². The third-order valence-electron chi connectivity index (χ3n) is 4.07. The van der Waals surface area contributed by atoms with E-state index in [0.29, 0.717) is 21.8 Å². The molecule has 0 spiro atoms. The third-order valence-corrected chi connectivity index (χ3v) is 4.32. The predicted molar refractivity (Wildman–Crippen MR) is 92.6 cm³/mol. The average Bonchev–Trinajstić information content (AvgIpc) is 2.75. The fourth-order valence-corrected chi connectivity index (χ4v) is 2.90. The number of aromatic nitrogens is 1.